The van der Waals surface area contributed by atoms with Crippen molar-refractivity contribution >= 4 is 23.3 Å². The van der Waals surface area contributed by atoms with Crippen molar-refractivity contribution in [1.29, 1.82) is 0 Å². The van der Waals surface area contributed by atoms with Gasteiger partial charge < -0.3 is 14.8 Å². The fourth-order valence-electron chi connectivity index (χ4n) is 1.68. The van der Waals surface area contributed by atoms with Crippen LogP contribution in [0.3, 0.4) is 0 Å². The fourth-order valence-corrected chi connectivity index (χ4v) is 1.87. The van der Waals surface area contributed by atoms with Crippen molar-refractivity contribution in [2.45, 2.75) is 12.7 Å². The average Bonchev–Trinajstić information content (AvgIpc) is 2.85. The molecule has 0 unspecified atom stereocenters. The van der Waals surface area contributed by atoms with Gasteiger partial charge in [-0.25, -0.2) is 4.79 Å². The lowest BCUT2D eigenvalue weighted by atomic mass is 10.2. The van der Waals surface area contributed by atoms with Gasteiger partial charge in [0.2, 0.25) is 0 Å². The predicted molar refractivity (Wildman–Crippen MR) is 69.4 cm³/mol. The molecule has 0 saturated heterocycles. The second-order valence-corrected chi connectivity index (χ2v) is 4.52. The number of anilines is 1. The second-order valence-electron chi connectivity index (χ2n) is 4.11. The number of carboxylic acid groups (broad SMARTS) is 1. The molecule has 1 aromatic carbocycles. The first-order chi connectivity index (χ1) is 9.79. The van der Waals surface area contributed by atoms with E-state index in [-0.39, 0.29) is 28.6 Å². The highest BCUT2D eigenvalue weighted by Gasteiger charge is 2.31. The summed E-state index contributed by atoms with van der Waals surface area (Å²) < 4.78 is 42.8. The third-order valence-corrected chi connectivity index (χ3v) is 3.04. The van der Waals surface area contributed by atoms with E-state index in [1.165, 1.54) is 12.3 Å². The van der Waals surface area contributed by atoms with Crippen molar-refractivity contribution in [2.75, 3.05) is 5.32 Å². The lowest BCUT2D eigenvalue weighted by Crippen LogP contribution is -2.08. The van der Waals surface area contributed by atoms with E-state index >= 15 is 0 Å². The number of furan rings is 1. The summed E-state index contributed by atoms with van der Waals surface area (Å²) >= 11 is 5.81. The highest BCUT2D eigenvalue weighted by molar-refractivity contribution is 6.33. The van der Waals surface area contributed by atoms with Gasteiger partial charge in [-0.1, -0.05) is 11.6 Å². The normalized spacial score (nSPS) is 11.4. The molecule has 0 amide bonds. The molecule has 0 aliphatic carbocycles. The van der Waals surface area contributed by atoms with Gasteiger partial charge in [0.15, 0.2) is 0 Å². The minimum absolute atomic E-state index is 0.0410. The van der Waals surface area contributed by atoms with Gasteiger partial charge in [-0.15, -0.1) is 0 Å². The van der Waals surface area contributed by atoms with Gasteiger partial charge in [0, 0.05) is 0 Å². The van der Waals surface area contributed by atoms with Crippen molar-refractivity contribution in [2.24, 2.45) is 0 Å². The number of carboxylic acids is 1. The van der Waals surface area contributed by atoms with Crippen LogP contribution in [0.1, 0.15) is 21.7 Å². The van der Waals surface area contributed by atoms with Gasteiger partial charge in [0.05, 0.1) is 29.1 Å². The largest absolute Gasteiger partial charge is 0.478 e. The molecule has 2 rings (SSSR count). The van der Waals surface area contributed by atoms with Crippen LogP contribution >= 0.6 is 11.6 Å². The summed E-state index contributed by atoms with van der Waals surface area (Å²) in [6.07, 6.45) is -3.30. The number of carbonyl (C=O) groups is 1. The summed E-state index contributed by atoms with van der Waals surface area (Å²) in [4.78, 5) is 10.9. The number of hydrogen-bond acceptors (Lipinski definition) is 3. The maximum atomic E-state index is 12.6. The quantitative estimate of drug-likeness (QED) is 0.883. The number of aromatic carboxylic acids is 1. The predicted octanol–water partition coefficient (Wildman–Crippen LogP) is 4.26. The zero-order valence-corrected chi connectivity index (χ0v) is 11.1. The monoisotopic (exact) mass is 319 g/mol. The van der Waals surface area contributed by atoms with E-state index in [4.69, 9.17) is 21.1 Å². The number of hydrogen-bond donors (Lipinski definition) is 2. The van der Waals surface area contributed by atoms with E-state index in [1.54, 1.807) is 0 Å². The lowest BCUT2D eigenvalue weighted by molar-refractivity contribution is -0.137. The summed E-state index contributed by atoms with van der Waals surface area (Å²) in [6.45, 7) is -0.102. The van der Waals surface area contributed by atoms with Gasteiger partial charge in [-0.2, -0.15) is 13.2 Å². The van der Waals surface area contributed by atoms with Gasteiger partial charge in [0.1, 0.15) is 11.3 Å². The maximum absolute atomic E-state index is 12.6. The molecular formula is C13H9ClF3NO3. The van der Waals surface area contributed by atoms with E-state index < -0.39 is 17.7 Å². The van der Waals surface area contributed by atoms with E-state index in [0.717, 1.165) is 18.2 Å². The zero-order chi connectivity index (χ0) is 15.6. The smallest absolute Gasteiger partial charge is 0.416 e. The Bertz CT molecular complexity index is 667. The third kappa shape index (κ3) is 3.49. The lowest BCUT2D eigenvalue weighted by Gasteiger charge is -2.12. The van der Waals surface area contributed by atoms with Crippen LogP contribution in [-0.2, 0) is 12.7 Å². The number of alkyl halides is 3. The molecule has 0 bridgehead atoms. The highest BCUT2D eigenvalue weighted by atomic mass is 35.5. The van der Waals surface area contributed by atoms with Crippen molar-refractivity contribution in [1.82, 2.24) is 0 Å². The van der Waals surface area contributed by atoms with Crippen LogP contribution in [0.4, 0.5) is 18.9 Å². The molecular weight excluding hydrogens is 311 g/mol. The molecule has 2 aromatic rings. The Morgan fingerprint density at radius 3 is 2.67 bits per heavy atom. The Hall–Kier alpha value is -2.15. The number of halogens is 4. The Balaban J connectivity index is 2.20. The molecule has 4 nitrogen and oxygen atoms in total. The Morgan fingerprint density at radius 1 is 1.33 bits per heavy atom. The van der Waals surface area contributed by atoms with Crippen LogP contribution < -0.4 is 5.32 Å². The van der Waals surface area contributed by atoms with Crippen molar-refractivity contribution in [3.8, 4) is 0 Å². The minimum atomic E-state index is -4.49. The summed E-state index contributed by atoms with van der Waals surface area (Å²) in [6, 6.07) is 4.09. The Labute approximate surface area is 122 Å². The molecule has 0 radical (unpaired) electrons. The SMILES string of the molecule is O=C(O)c1ccoc1CNc1cc(C(F)(F)F)ccc1Cl. The average molecular weight is 320 g/mol. The van der Waals surface area contributed by atoms with E-state index in [2.05, 4.69) is 5.32 Å². The number of nitrogens with one attached hydrogen (secondary N) is 1. The highest BCUT2D eigenvalue weighted by Crippen LogP contribution is 2.34. The molecule has 21 heavy (non-hydrogen) atoms. The number of benzene rings is 1. The standard InChI is InChI=1S/C13H9ClF3NO3/c14-9-2-1-7(13(15,16)17)5-10(9)18-6-11-8(12(19)20)3-4-21-11/h1-5,18H,6H2,(H,19,20). The molecule has 0 aliphatic heterocycles. The Kier molecular flexibility index (Phi) is 4.13. The van der Waals surface area contributed by atoms with Crippen LogP contribution in [0, 0.1) is 0 Å². The van der Waals surface area contributed by atoms with Crippen LogP contribution in [-0.4, -0.2) is 11.1 Å². The second kappa shape index (κ2) is 5.69. The molecule has 112 valence electrons. The zero-order valence-electron chi connectivity index (χ0n) is 10.4. The Morgan fingerprint density at radius 2 is 2.05 bits per heavy atom. The molecule has 0 aliphatic rings. The molecule has 0 atom stereocenters. The van der Waals surface area contributed by atoms with Gasteiger partial charge >= 0.3 is 12.1 Å². The topological polar surface area (TPSA) is 62.5 Å². The minimum Gasteiger partial charge on any atom is -0.478 e. The molecule has 8 heteroatoms. The van der Waals surface area contributed by atoms with Crippen LogP contribution in [0.2, 0.25) is 5.02 Å². The maximum Gasteiger partial charge on any atom is 0.416 e. The molecule has 0 fully saturated rings. The van der Waals surface area contributed by atoms with Crippen molar-refractivity contribution < 1.29 is 27.5 Å². The summed E-state index contributed by atoms with van der Waals surface area (Å²) in [5, 5.41) is 11.6. The van der Waals surface area contributed by atoms with Crippen LogP contribution in [0.25, 0.3) is 0 Å². The summed E-state index contributed by atoms with van der Waals surface area (Å²) in [5.41, 5.74) is -0.878. The fraction of sp³-hybridized carbons (Fsp3) is 0.154. The molecule has 2 N–H and O–H groups in total. The van der Waals surface area contributed by atoms with E-state index in [9.17, 15) is 18.0 Å². The molecule has 1 heterocycles. The van der Waals surface area contributed by atoms with Crippen molar-refractivity contribution in [3.63, 3.8) is 0 Å². The van der Waals surface area contributed by atoms with Crippen LogP contribution in [0.5, 0.6) is 0 Å². The van der Waals surface area contributed by atoms with Gasteiger partial charge in [-0.3, -0.25) is 0 Å². The molecule has 0 saturated carbocycles. The van der Waals surface area contributed by atoms with Crippen molar-refractivity contribution in [3.05, 3.63) is 52.4 Å². The van der Waals surface area contributed by atoms with Crippen LogP contribution in [0.15, 0.2) is 34.9 Å². The van der Waals surface area contributed by atoms with Gasteiger partial charge in [0.25, 0.3) is 0 Å². The number of rotatable bonds is 4. The molecule has 0 spiro atoms. The molecule has 1 aromatic heterocycles. The third-order valence-electron chi connectivity index (χ3n) is 2.71. The van der Waals surface area contributed by atoms with E-state index in [1.807, 2.05) is 0 Å². The van der Waals surface area contributed by atoms with E-state index in [0.29, 0.717) is 0 Å². The summed E-state index contributed by atoms with van der Waals surface area (Å²) in [7, 11) is 0. The first-order valence-electron chi connectivity index (χ1n) is 5.69. The summed E-state index contributed by atoms with van der Waals surface area (Å²) in [5.74, 6) is -1.09. The first kappa shape index (κ1) is 15.2. The first-order valence-corrected chi connectivity index (χ1v) is 6.07. The van der Waals surface area contributed by atoms with Gasteiger partial charge in [-0.05, 0) is 24.3 Å².